The number of ether oxygens (including phenoxy) is 1. The molecule has 1 aliphatic rings. The fourth-order valence-electron chi connectivity index (χ4n) is 3.52. The molecule has 5 nitrogen and oxygen atoms in total. The molecule has 2 atom stereocenters. The summed E-state index contributed by atoms with van der Waals surface area (Å²) in [5.41, 5.74) is 4.48. The standard InChI is InChI=1S/C24H28N2O3/c1-3-13-28-18-21(27)16-26(15-20-10-5-4-6-11-20)17-22-14-24(25-29-22)23-12-8-7-9-19(23)2/h1,4-12,21-22,27H,13-18H2,2H3/t21-,22+/m1/s1. The van der Waals surface area contributed by atoms with Gasteiger partial charge < -0.3 is 14.7 Å². The van der Waals surface area contributed by atoms with Gasteiger partial charge in [-0.1, -0.05) is 65.7 Å². The van der Waals surface area contributed by atoms with E-state index in [-0.39, 0.29) is 19.3 Å². The van der Waals surface area contributed by atoms with Crippen molar-refractivity contribution in [1.29, 1.82) is 0 Å². The Kier molecular flexibility index (Phi) is 7.83. The maximum absolute atomic E-state index is 10.4. The third-order valence-corrected chi connectivity index (χ3v) is 4.86. The summed E-state index contributed by atoms with van der Waals surface area (Å²) < 4.78 is 5.29. The van der Waals surface area contributed by atoms with Gasteiger partial charge in [-0.3, -0.25) is 4.90 Å². The second kappa shape index (κ2) is 10.8. The molecule has 1 aliphatic heterocycles. The lowest BCUT2D eigenvalue weighted by atomic mass is 10.00. The van der Waals surface area contributed by atoms with Crippen LogP contribution >= 0.6 is 0 Å². The Morgan fingerprint density at radius 1 is 1.24 bits per heavy atom. The van der Waals surface area contributed by atoms with Crippen molar-refractivity contribution in [2.24, 2.45) is 5.16 Å². The molecule has 0 radical (unpaired) electrons. The first-order valence-electron chi connectivity index (χ1n) is 9.90. The molecule has 2 aromatic rings. The molecule has 1 N–H and O–H groups in total. The van der Waals surface area contributed by atoms with Crippen molar-refractivity contribution in [2.75, 3.05) is 26.3 Å². The Morgan fingerprint density at radius 3 is 2.76 bits per heavy atom. The van der Waals surface area contributed by atoms with Crippen molar-refractivity contribution in [3.8, 4) is 12.3 Å². The predicted octanol–water partition coefficient (Wildman–Crippen LogP) is 3.00. The van der Waals surface area contributed by atoms with Gasteiger partial charge in [0.25, 0.3) is 0 Å². The largest absolute Gasteiger partial charge is 0.390 e. The molecule has 29 heavy (non-hydrogen) atoms. The maximum Gasteiger partial charge on any atom is 0.145 e. The first-order valence-corrected chi connectivity index (χ1v) is 9.90. The Labute approximate surface area is 172 Å². The fourth-order valence-corrected chi connectivity index (χ4v) is 3.52. The highest BCUT2D eigenvalue weighted by molar-refractivity contribution is 6.02. The highest BCUT2D eigenvalue weighted by Gasteiger charge is 2.26. The highest BCUT2D eigenvalue weighted by Crippen LogP contribution is 2.20. The van der Waals surface area contributed by atoms with Gasteiger partial charge in [0.2, 0.25) is 0 Å². The van der Waals surface area contributed by atoms with E-state index in [9.17, 15) is 5.11 Å². The van der Waals surface area contributed by atoms with E-state index in [1.807, 2.05) is 30.3 Å². The summed E-state index contributed by atoms with van der Waals surface area (Å²) in [6, 6.07) is 18.4. The van der Waals surface area contributed by atoms with E-state index >= 15 is 0 Å². The lowest BCUT2D eigenvalue weighted by Gasteiger charge is -2.27. The number of benzene rings is 2. The number of rotatable bonds is 10. The van der Waals surface area contributed by atoms with Crippen molar-refractivity contribution < 1.29 is 14.7 Å². The molecule has 0 fully saturated rings. The minimum absolute atomic E-state index is 0.0489. The molecule has 3 rings (SSSR count). The Hall–Kier alpha value is -2.65. The van der Waals surface area contributed by atoms with Crippen LogP contribution in [-0.4, -0.2) is 54.2 Å². The van der Waals surface area contributed by atoms with Gasteiger partial charge in [-0.05, 0) is 18.1 Å². The predicted molar refractivity (Wildman–Crippen MR) is 115 cm³/mol. The summed E-state index contributed by atoms with van der Waals surface area (Å²) in [5.74, 6) is 2.42. The second-order valence-electron chi connectivity index (χ2n) is 7.34. The lowest BCUT2D eigenvalue weighted by Crippen LogP contribution is -2.39. The number of aliphatic hydroxyl groups excluding tert-OH is 1. The number of terminal acetylenes is 1. The molecule has 5 heteroatoms. The lowest BCUT2D eigenvalue weighted by molar-refractivity contribution is 0.00418. The maximum atomic E-state index is 10.4. The molecule has 1 heterocycles. The van der Waals surface area contributed by atoms with Crippen LogP contribution in [-0.2, 0) is 16.1 Å². The average molecular weight is 392 g/mol. The Balaban J connectivity index is 1.61. The summed E-state index contributed by atoms with van der Waals surface area (Å²) in [4.78, 5) is 7.91. The molecule has 0 amide bonds. The van der Waals surface area contributed by atoms with E-state index < -0.39 is 6.10 Å². The van der Waals surface area contributed by atoms with Crippen molar-refractivity contribution in [3.63, 3.8) is 0 Å². The van der Waals surface area contributed by atoms with Crippen molar-refractivity contribution in [2.45, 2.75) is 32.1 Å². The number of hydrogen-bond donors (Lipinski definition) is 1. The van der Waals surface area contributed by atoms with Gasteiger partial charge in [0.1, 0.15) is 12.7 Å². The number of hydrogen-bond acceptors (Lipinski definition) is 5. The van der Waals surface area contributed by atoms with Crippen LogP contribution in [0.15, 0.2) is 59.8 Å². The van der Waals surface area contributed by atoms with Gasteiger partial charge in [-0.15, -0.1) is 6.42 Å². The van der Waals surface area contributed by atoms with E-state index in [0.29, 0.717) is 19.6 Å². The minimum Gasteiger partial charge on any atom is -0.390 e. The summed E-state index contributed by atoms with van der Waals surface area (Å²) in [7, 11) is 0. The minimum atomic E-state index is -0.620. The van der Waals surface area contributed by atoms with Crippen LogP contribution in [0.3, 0.4) is 0 Å². The highest BCUT2D eigenvalue weighted by atomic mass is 16.6. The van der Waals surface area contributed by atoms with E-state index in [2.05, 4.69) is 47.2 Å². The normalized spacial score (nSPS) is 16.9. The summed E-state index contributed by atoms with van der Waals surface area (Å²) in [6.07, 6.45) is 5.28. The van der Waals surface area contributed by atoms with Crippen molar-refractivity contribution in [3.05, 3.63) is 71.3 Å². The van der Waals surface area contributed by atoms with Gasteiger partial charge in [-0.25, -0.2) is 0 Å². The molecule has 0 aliphatic carbocycles. The van der Waals surface area contributed by atoms with Gasteiger partial charge >= 0.3 is 0 Å². The Morgan fingerprint density at radius 2 is 2.00 bits per heavy atom. The average Bonchev–Trinajstić information content (AvgIpc) is 3.17. The van der Waals surface area contributed by atoms with Crippen molar-refractivity contribution >= 4 is 5.71 Å². The van der Waals surface area contributed by atoms with Crippen LogP contribution < -0.4 is 0 Å². The second-order valence-corrected chi connectivity index (χ2v) is 7.34. The SMILES string of the molecule is C#CCOC[C@H](O)CN(Cc1ccccc1)C[C@@H]1CC(c2ccccc2C)=NO1. The summed E-state index contributed by atoms with van der Waals surface area (Å²) >= 11 is 0. The Bertz CT molecular complexity index is 845. The smallest absolute Gasteiger partial charge is 0.145 e. The molecular weight excluding hydrogens is 364 g/mol. The van der Waals surface area contributed by atoms with E-state index in [1.54, 1.807) is 0 Å². The van der Waals surface area contributed by atoms with Crippen LogP contribution in [0.2, 0.25) is 0 Å². The van der Waals surface area contributed by atoms with Crippen molar-refractivity contribution in [1.82, 2.24) is 4.90 Å². The monoisotopic (exact) mass is 392 g/mol. The van der Waals surface area contributed by atoms with Crippen LogP contribution in [0.4, 0.5) is 0 Å². The van der Waals surface area contributed by atoms with Gasteiger partial charge in [0.05, 0.1) is 18.4 Å². The third kappa shape index (κ3) is 6.43. The summed E-state index contributed by atoms with van der Waals surface area (Å²) in [5, 5.41) is 14.7. The zero-order valence-electron chi connectivity index (χ0n) is 16.8. The van der Waals surface area contributed by atoms with Crippen LogP contribution in [0.1, 0.15) is 23.1 Å². The molecule has 0 aromatic heterocycles. The molecule has 0 saturated carbocycles. The number of oxime groups is 1. The molecule has 2 aromatic carbocycles. The fraction of sp³-hybridized carbons (Fsp3) is 0.375. The molecule has 152 valence electrons. The number of aryl methyl sites for hydroxylation is 1. The molecule has 0 saturated heterocycles. The number of nitrogens with zero attached hydrogens (tertiary/aromatic N) is 2. The van der Waals surface area contributed by atoms with Gasteiger partial charge in [0, 0.05) is 31.6 Å². The van der Waals surface area contributed by atoms with Gasteiger partial charge in [0.15, 0.2) is 0 Å². The molecule has 0 unspecified atom stereocenters. The zero-order valence-corrected chi connectivity index (χ0v) is 16.8. The summed E-state index contributed by atoms with van der Waals surface area (Å²) in [6.45, 7) is 4.35. The molecule has 0 bridgehead atoms. The van der Waals surface area contributed by atoms with Gasteiger partial charge in [-0.2, -0.15) is 0 Å². The van der Waals surface area contributed by atoms with Crippen LogP contribution in [0.5, 0.6) is 0 Å². The van der Waals surface area contributed by atoms with E-state index in [1.165, 1.54) is 11.1 Å². The quantitative estimate of drug-likeness (QED) is 0.499. The molecule has 0 spiro atoms. The zero-order chi connectivity index (χ0) is 20.5. The third-order valence-electron chi connectivity index (χ3n) is 4.86. The van der Waals surface area contributed by atoms with Crippen LogP contribution in [0, 0.1) is 19.3 Å². The molecular formula is C24H28N2O3. The first kappa shape index (κ1) is 21.1. The van der Waals surface area contributed by atoms with E-state index in [0.717, 1.165) is 17.7 Å². The van der Waals surface area contributed by atoms with E-state index in [4.69, 9.17) is 16.0 Å². The van der Waals surface area contributed by atoms with Crippen LogP contribution in [0.25, 0.3) is 0 Å². The number of aliphatic hydroxyl groups is 1. The first-order chi connectivity index (χ1) is 14.2. The topological polar surface area (TPSA) is 54.3 Å².